The Kier molecular flexibility index (Phi) is 6.91. The summed E-state index contributed by atoms with van der Waals surface area (Å²) in [5.41, 5.74) is 6.19. The number of fused-ring (bicyclic) bond motifs is 1. The van der Waals surface area contributed by atoms with E-state index >= 15 is 0 Å². The molecular weight excluding hydrogens is 316 g/mol. The van der Waals surface area contributed by atoms with Gasteiger partial charge in [0.15, 0.2) is 0 Å². The van der Waals surface area contributed by atoms with E-state index in [9.17, 15) is 4.79 Å². The van der Waals surface area contributed by atoms with E-state index in [-0.39, 0.29) is 17.8 Å². The molecule has 128 valence electrons. The summed E-state index contributed by atoms with van der Waals surface area (Å²) in [5.74, 6) is 1.53. The van der Waals surface area contributed by atoms with Gasteiger partial charge >= 0.3 is 0 Å². The Balaban J connectivity index is 0.00000176. The maximum absolute atomic E-state index is 12.9. The van der Waals surface area contributed by atoms with Crippen molar-refractivity contribution < 1.29 is 4.79 Å². The molecule has 3 rings (SSSR count). The lowest BCUT2D eigenvalue weighted by molar-refractivity contribution is -0.137. The topological polar surface area (TPSA) is 46.3 Å². The van der Waals surface area contributed by atoms with Crippen LogP contribution in [0.4, 0.5) is 0 Å². The zero-order valence-electron chi connectivity index (χ0n) is 13.6. The van der Waals surface area contributed by atoms with E-state index in [2.05, 4.69) is 16.7 Å². The normalized spacial score (nSPS) is 31.0. The van der Waals surface area contributed by atoms with Crippen molar-refractivity contribution in [1.82, 2.24) is 4.90 Å². The highest BCUT2D eigenvalue weighted by Gasteiger charge is 2.40. The SMILES string of the molecule is Cl.NCC1(CC(=O)N2CCSC3CCCCC32)CCCCC1. The molecule has 1 heterocycles. The number of halogens is 1. The quantitative estimate of drug-likeness (QED) is 0.849. The van der Waals surface area contributed by atoms with Crippen molar-refractivity contribution in [3.63, 3.8) is 0 Å². The maximum Gasteiger partial charge on any atom is 0.223 e. The van der Waals surface area contributed by atoms with Crippen molar-refractivity contribution in [3.8, 4) is 0 Å². The van der Waals surface area contributed by atoms with Crippen LogP contribution >= 0.6 is 24.2 Å². The third-order valence-corrected chi connectivity index (χ3v) is 7.32. The van der Waals surface area contributed by atoms with Gasteiger partial charge in [-0.3, -0.25) is 4.79 Å². The van der Waals surface area contributed by atoms with E-state index in [1.807, 2.05) is 0 Å². The molecule has 3 nitrogen and oxygen atoms in total. The van der Waals surface area contributed by atoms with Crippen LogP contribution in [0.2, 0.25) is 0 Å². The van der Waals surface area contributed by atoms with E-state index in [4.69, 9.17) is 5.73 Å². The Morgan fingerprint density at radius 1 is 1.14 bits per heavy atom. The summed E-state index contributed by atoms with van der Waals surface area (Å²) >= 11 is 2.10. The van der Waals surface area contributed by atoms with Crippen molar-refractivity contribution >= 4 is 30.1 Å². The van der Waals surface area contributed by atoms with Crippen molar-refractivity contribution in [2.24, 2.45) is 11.1 Å². The second-order valence-electron chi connectivity index (χ2n) is 7.29. The van der Waals surface area contributed by atoms with Crippen molar-refractivity contribution in [2.75, 3.05) is 18.8 Å². The molecule has 2 unspecified atom stereocenters. The summed E-state index contributed by atoms with van der Waals surface area (Å²) < 4.78 is 0. The monoisotopic (exact) mass is 346 g/mol. The molecule has 0 aromatic heterocycles. The Morgan fingerprint density at radius 3 is 2.59 bits per heavy atom. The van der Waals surface area contributed by atoms with Crippen LogP contribution < -0.4 is 5.73 Å². The molecule has 0 aromatic carbocycles. The van der Waals surface area contributed by atoms with E-state index in [1.165, 1.54) is 44.9 Å². The summed E-state index contributed by atoms with van der Waals surface area (Å²) in [6.45, 7) is 1.65. The van der Waals surface area contributed by atoms with Gasteiger partial charge in [0.25, 0.3) is 0 Å². The molecule has 5 heteroatoms. The van der Waals surface area contributed by atoms with Gasteiger partial charge in [-0.15, -0.1) is 12.4 Å². The number of carbonyl (C=O) groups is 1. The van der Waals surface area contributed by atoms with Crippen LogP contribution in [0, 0.1) is 5.41 Å². The van der Waals surface area contributed by atoms with Gasteiger partial charge in [-0.25, -0.2) is 0 Å². The minimum Gasteiger partial charge on any atom is -0.338 e. The lowest BCUT2D eigenvalue weighted by Gasteiger charge is -2.45. The number of thioether (sulfide) groups is 1. The molecule has 1 aliphatic heterocycles. The molecule has 0 bridgehead atoms. The number of carbonyl (C=O) groups excluding carboxylic acids is 1. The second kappa shape index (κ2) is 8.25. The van der Waals surface area contributed by atoms with E-state index < -0.39 is 0 Å². The van der Waals surface area contributed by atoms with Gasteiger partial charge in [0.05, 0.1) is 0 Å². The van der Waals surface area contributed by atoms with Crippen molar-refractivity contribution in [3.05, 3.63) is 0 Å². The standard InChI is InChI=1S/C17H30N2OS.ClH/c18-13-17(8-4-1-5-9-17)12-16(20)19-10-11-21-15-7-3-2-6-14(15)19;/h14-15H,1-13,18H2;1H. The van der Waals surface area contributed by atoms with Crippen molar-refractivity contribution in [1.29, 1.82) is 0 Å². The van der Waals surface area contributed by atoms with E-state index in [1.54, 1.807) is 0 Å². The minimum absolute atomic E-state index is 0. The van der Waals surface area contributed by atoms with Crippen LogP contribution in [0.5, 0.6) is 0 Å². The van der Waals surface area contributed by atoms with Gasteiger partial charge in [-0.1, -0.05) is 32.1 Å². The highest BCUT2D eigenvalue weighted by atomic mass is 35.5. The lowest BCUT2D eigenvalue weighted by Crippen LogP contribution is -2.53. The van der Waals surface area contributed by atoms with E-state index in [0.717, 1.165) is 25.1 Å². The molecule has 1 amide bonds. The Labute approximate surface area is 145 Å². The van der Waals surface area contributed by atoms with Gasteiger partial charge in [-0.2, -0.15) is 11.8 Å². The molecule has 2 atom stereocenters. The Bertz CT molecular complexity index is 372. The number of rotatable bonds is 3. The lowest BCUT2D eigenvalue weighted by atomic mass is 9.71. The average molecular weight is 347 g/mol. The highest BCUT2D eigenvalue weighted by molar-refractivity contribution is 8.00. The van der Waals surface area contributed by atoms with E-state index in [0.29, 0.717) is 30.2 Å². The number of nitrogens with two attached hydrogens (primary N) is 1. The van der Waals surface area contributed by atoms with Crippen molar-refractivity contribution in [2.45, 2.75) is 75.5 Å². The minimum atomic E-state index is 0. The molecule has 1 saturated heterocycles. The zero-order valence-corrected chi connectivity index (χ0v) is 15.2. The number of nitrogens with zero attached hydrogens (tertiary/aromatic N) is 1. The summed E-state index contributed by atoms with van der Waals surface area (Å²) in [7, 11) is 0. The van der Waals surface area contributed by atoms with Gasteiger partial charge < -0.3 is 10.6 Å². The molecule has 0 aromatic rings. The highest BCUT2D eigenvalue weighted by Crippen LogP contribution is 2.41. The fraction of sp³-hybridized carbons (Fsp3) is 0.941. The van der Waals surface area contributed by atoms with Crippen LogP contribution in [0.1, 0.15) is 64.2 Å². The summed E-state index contributed by atoms with van der Waals surface area (Å²) in [6.07, 6.45) is 12.0. The third kappa shape index (κ3) is 3.93. The second-order valence-corrected chi connectivity index (χ2v) is 8.64. The van der Waals surface area contributed by atoms with Crippen LogP contribution in [-0.2, 0) is 4.79 Å². The zero-order chi connectivity index (χ0) is 14.7. The first-order valence-electron chi connectivity index (χ1n) is 8.85. The molecule has 2 saturated carbocycles. The summed E-state index contributed by atoms with van der Waals surface area (Å²) in [4.78, 5) is 15.2. The molecule has 0 spiro atoms. The van der Waals surface area contributed by atoms with Gasteiger partial charge in [-0.05, 0) is 37.6 Å². The third-order valence-electron chi connectivity index (χ3n) is 5.93. The number of hydrogen-bond acceptors (Lipinski definition) is 3. The number of hydrogen-bond donors (Lipinski definition) is 1. The Hall–Kier alpha value is 0.0700. The fourth-order valence-corrected chi connectivity index (χ4v) is 6.03. The largest absolute Gasteiger partial charge is 0.338 e. The first-order chi connectivity index (χ1) is 10.2. The average Bonchev–Trinajstić information content (AvgIpc) is 2.55. The molecular formula is C17H31ClN2OS. The Morgan fingerprint density at radius 2 is 1.86 bits per heavy atom. The fourth-order valence-electron chi connectivity index (χ4n) is 4.58. The van der Waals surface area contributed by atoms with Crippen LogP contribution in [0.3, 0.4) is 0 Å². The maximum atomic E-state index is 12.9. The summed E-state index contributed by atoms with van der Waals surface area (Å²) in [5, 5.41) is 0.705. The molecule has 2 N–H and O–H groups in total. The van der Waals surface area contributed by atoms with Gasteiger partial charge in [0.2, 0.25) is 5.91 Å². The van der Waals surface area contributed by atoms with Crippen LogP contribution in [-0.4, -0.2) is 40.9 Å². The van der Waals surface area contributed by atoms with Gasteiger partial charge in [0, 0.05) is 30.0 Å². The molecule has 2 aliphatic carbocycles. The predicted octanol–water partition coefficient (Wildman–Crippen LogP) is 3.59. The molecule has 3 fully saturated rings. The van der Waals surface area contributed by atoms with Gasteiger partial charge in [0.1, 0.15) is 0 Å². The first-order valence-corrected chi connectivity index (χ1v) is 9.90. The molecule has 0 radical (unpaired) electrons. The van der Waals surface area contributed by atoms with Crippen LogP contribution in [0.25, 0.3) is 0 Å². The molecule has 3 aliphatic rings. The first kappa shape index (κ1) is 18.4. The summed E-state index contributed by atoms with van der Waals surface area (Å²) in [6, 6.07) is 0.517. The predicted molar refractivity (Wildman–Crippen MR) is 96.7 cm³/mol. The van der Waals surface area contributed by atoms with Crippen LogP contribution in [0.15, 0.2) is 0 Å². The number of amides is 1. The molecule has 22 heavy (non-hydrogen) atoms. The smallest absolute Gasteiger partial charge is 0.223 e.